The third-order valence-electron chi connectivity index (χ3n) is 4.17. The first kappa shape index (κ1) is 20.1. The van der Waals surface area contributed by atoms with Crippen molar-refractivity contribution in [1.82, 2.24) is 0 Å². The Bertz CT molecular complexity index is 947. The lowest BCUT2D eigenvalue weighted by Gasteiger charge is -2.13. The molecular weight excluding hydrogens is 368 g/mol. The standard InChI is InChI=1S/C24H22O5/c1-3-27-20-13-9-18(10-14-20)23(25)17(2)28-24(26)19-11-15-22(16-12-19)29-21-7-5-4-6-8-21/h4-17H,3H2,1-2H3/t17-/m0/s1. The Kier molecular flexibility index (Phi) is 6.63. The largest absolute Gasteiger partial charge is 0.494 e. The quantitative estimate of drug-likeness (QED) is 0.385. The van der Waals surface area contributed by atoms with E-state index in [1.165, 1.54) is 0 Å². The fourth-order valence-electron chi connectivity index (χ4n) is 2.68. The van der Waals surface area contributed by atoms with Gasteiger partial charge in [-0.15, -0.1) is 0 Å². The Balaban J connectivity index is 1.59. The number of carbonyl (C=O) groups excluding carboxylic acids is 2. The average molecular weight is 390 g/mol. The summed E-state index contributed by atoms with van der Waals surface area (Å²) in [6, 6.07) is 22.7. The SMILES string of the molecule is CCOc1ccc(C(=O)[C@H](C)OC(=O)c2ccc(Oc3ccccc3)cc2)cc1. The normalized spacial score (nSPS) is 11.4. The van der Waals surface area contributed by atoms with Gasteiger partial charge in [-0.1, -0.05) is 18.2 Å². The van der Waals surface area contributed by atoms with Gasteiger partial charge >= 0.3 is 5.97 Å². The van der Waals surface area contributed by atoms with Gasteiger partial charge in [0.1, 0.15) is 17.2 Å². The second kappa shape index (κ2) is 9.55. The Morgan fingerprint density at radius 1 is 0.759 bits per heavy atom. The summed E-state index contributed by atoms with van der Waals surface area (Å²) >= 11 is 0. The van der Waals surface area contributed by atoms with Crippen molar-refractivity contribution in [3.8, 4) is 17.2 Å². The predicted molar refractivity (Wildman–Crippen MR) is 110 cm³/mol. The summed E-state index contributed by atoms with van der Waals surface area (Å²) in [5.74, 6) is 1.16. The Morgan fingerprint density at radius 2 is 1.31 bits per heavy atom. The van der Waals surface area contributed by atoms with Crippen LogP contribution in [-0.2, 0) is 4.74 Å². The first-order valence-corrected chi connectivity index (χ1v) is 9.38. The maximum absolute atomic E-state index is 12.5. The molecule has 0 amide bonds. The molecule has 0 bridgehead atoms. The third-order valence-corrected chi connectivity index (χ3v) is 4.17. The van der Waals surface area contributed by atoms with Crippen molar-refractivity contribution in [3.63, 3.8) is 0 Å². The summed E-state index contributed by atoms with van der Waals surface area (Å²) < 4.78 is 16.4. The van der Waals surface area contributed by atoms with Crippen LogP contribution in [0, 0.1) is 0 Å². The molecule has 5 nitrogen and oxygen atoms in total. The zero-order valence-corrected chi connectivity index (χ0v) is 16.3. The second-order valence-electron chi connectivity index (χ2n) is 6.31. The van der Waals surface area contributed by atoms with Crippen LogP contribution in [0.1, 0.15) is 34.6 Å². The number of benzene rings is 3. The van der Waals surface area contributed by atoms with E-state index >= 15 is 0 Å². The molecule has 0 heterocycles. The summed E-state index contributed by atoms with van der Waals surface area (Å²) in [5.41, 5.74) is 0.803. The molecule has 1 atom stereocenters. The summed E-state index contributed by atoms with van der Waals surface area (Å²) in [5, 5.41) is 0. The molecule has 0 spiro atoms. The van der Waals surface area contributed by atoms with Gasteiger partial charge in [0.25, 0.3) is 0 Å². The number of ether oxygens (including phenoxy) is 3. The fourth-order valence-corrected chi connectivity index (χ4v) is 2.68. The van der Waals surface area contributed by atoms with Gasteiger partial charge in [0.15, 0.2) is 6.10 Å². The number of hydrogen-bond donors (Lipinski definition) is 0. The van der Waals surface area contributed by atoms with Gasteiger partial charge in [-0.3, -0.25) is 4.79 Å². The van der Waals surface area contributed by atoms with Crippen molar-refractivity contribution in [2.24, 2.45) is 0 Å². The first-order valence-electron chi connectivity index (χ1n) is 9.38. The highest BCUT2D eigenvalue weighted by atomic mass is 16.5. The molecule has 0 radical (unpaired) electrons. The minimum absolute atomic E-state index is 0.273. The first-order chi connectivity index (χ1) is 14.1. The van der Waals surface area contributed by atoms with Gasteiger partial charge < -0.3 is 14.2 Å². The zero-order valence-electron chi connectivity index (χ0n) is 16.3. The van der Waals surface area contributed by atoms with Crippen LogP contribution in [0.4, 0.5) is 0 Å². The lowest BCUT2D eigenvalue weighted by Crippen LogP contribution is -2.24. The van der Waals surface area contributed by atoms with Crippen molar-refractivity contribution in [1.29, 1.82) is 0 Å². The number of esters is 1. The number of hydrogen-bond acceptors (Lipinski definition) is 5. The highest BCUT2D eigenvalue weighted by Crippen LogP contribution is 2.22. The number of Topliss-reactive ketones (excluding diaryl/α,β-unsaturated/α-hetero) is 1. The average Bonchev–Trinajstić information content (AvgIpc) is 2.75. The van der Waals surface area contributed by atoms with E-state index in [0.29, 0.717) is 35.0 Å². The van der Waals surface area contributed by atoms with Crippen LogP contribution in [-0.4, -0.2) is 24.5 Å². The van der Waals surface area contributed by atoms with E-state index in [9.17, 15) is 9.59 Å². The molecule has 0 N–H and O–H groups in total. The van der Waals surface area contributed by atoms with Gasteiger partial charge in [-0.2, -0.15) is 0 Å². The molecule has 148 valence electrons. The van der Waals surface area contributed by atoms with Crippen LogP contribution in [0.25, 0.3) is 0 Å². The number of carbonyl (C=O) groups is 2. The van der Waals surface area contributed by atoms with E-state index in [4.69, 9.17) is 14.2 Å². The monoisotopic (exact) mass is 390 g/mol. The van der Waals surface area contributed by atoms with E-state index in [0.717, 1.165) is 0 Å². The van der Waals surface area contributed by atoms with E-state index in [-0.39, 0.29) is 5.78 Å². The van der Waals surface area contributed by atoms with Gasteiger partial charge in [0, 0.05) is 5.56 Å². The van der Waals surface area contributed by atoms with E-state index in [1.54, 1.807) is 55.5 Å². The van der Waals surface area contributed by atoms with Crippen LogP contribution < -0.4 is 9.47 Å². The van der Waals surface area contributed by atoms with Crippen molar-refractivity contribution in [2.75, 3.05) is 6.61 Å². The van der Waals surface area contributed by atoms with E-state index in [1.807, 2.05) is 37.3 Å². The smallest absolute Gasteiger partial charge is 0.338 e. The maximum Gasteiger partial charge on any atom is 0.338 e. The molecule has 0 aliphatic heterocycles. The molecule has 0 fully saturated rings. The van der Waals surface area contributed by atoms with Crippen LogP contribution >= 0.6 is 0 Å². The summed E-state index contributed by atoms with van der Waals surface area (Å²) in [7, 11) is 0. The molecule has 5 heteroatoms. The molecule has 29 heavy (non-hydrogen) atoms. The van der Waals surface area contributed by atoms with Crippen LogP contribution in [0.3, 0.4) is 0 Å². The highest BCUT2D eigenvalue weighted by Gasteiger charge is 2.20. The van der Waals surface area contributed by atoms with Crippen LogP contribution in [0.15, 0.2) is 78.9 Å². The van der Waals surface area contributed by atoms with Gasteiger partial charge in [0.05, 0.1) is 12.2 Å². The third kappa shape index (κ3) is 5.45. The molecule has 3 rings (SSSR count). The van der Waals surface area contributed by atoms with E-state index < -0.39 is 12.1 Å². The van der Waals surface area contributed by atoms with Crippen molar-refractivity contribution < 1.29 is 23.8 Å². The predicted octanol–water partition coefficient (Wildman–Crippen LogP) is 5.31. The minimum atomic E-state index is -0.902. The summed E-state index contributed by atoms with van der Waals surface area (Å²) in [4.78, 5) is 24.9. The zero-order chi connectivity index (χ0) is 20.6. The fraction of sp³-hybridized carbons (Fsp3) is 0.167. The summed E-state index contributed by atoms with van der Waals surface area (Å²) in [6.45, 7) is 4.00. The molecule has 0 unspecified atom stereocenters. The maximum atomic E-state index is 12.5. The molecule has 3 aromatic rings. The van der Waals surface area contributed by atoms with Crippen LogP contribution in [0.2, 0.25) is 0 Å². The Hall–Kier alpha value is -3.60. The van der Waals surface area contributed by atoms with Crippen molar-refractivity contribution in [3.05, 3.63) is 90.0 Å². The van der Waals surface area contributed by atoms with Gasteiger partial charge in [-0.25, -0.2) is 4.79 Å². The lowest BCUT2D eigenvalue weighted by atomic mass is 10.1. The molecule has 0 aliphatic carbocycles. The lowest BCUT2D eigenvalue weighted by molar-refractivity contribution is 0.0319. The second-order valence-corrected chi connectivity index (χ2v) is 6.31. The molecule has 3 aromatic carbocycles. The van der Waals surface area contributed by atoms with Crippen LogP contribution in [0.5, 0.6) is 17.2 Å². The number of rotatable bonds is 8. The molecule has 0 saturated carbocycles. The number of ketones is 1. The van der Waals surface area contributed by atoms with Gasteiger partial charge in [-0.05, 0) is 74.5 Å². The van der Waals surface area contributed by atoms with Crippen molar-refractivity contribution >= 4 is 11.8 Å². The topological polar surface area (TPSA) is 61.8 Å². The molecule has 0 saturated heterocycles. The molecule has 0 aromatic heterocycles. The number of para-hydroxylation sites is 1. The Labute approximate surface area is 169 Å². The van der Waals surface area contributed by atoms with E-state index in [2.05, 4.69) is 0 Å². The van der Waals surface area contributed by atoms with Gasteiger partial charge in [0.2, 0.25) is 5.78 Å². The minimum Gasteiger partial charge on any atom is -0.494 e. The van der Waals surface area contributed by atoms with Crippen molar-refractivity contribution in [2.45, 2.75) is 20.0 Å². The summed E-state index contributed by atoms with van der Waals surface area (Å²) in [6.07, 6.45) is -0.902. The Morgan fingerprint density at radius 3 is 1.93 bits per heavy atom. The molecule has 0 aliphatic rings. The molecular formula is C24H22O5. The highest BCUT2D eigenvalue weighted by molar-refractivity contribution is 6.01.